The molecule has 2 saturated carbocycles. The summed E-state index contributed by atoms with van der Waals surface area (Å²) < 4.78 is 0. The van der Waals surface area contributed by atoms with Crippen LogP contribution in [0.2, 0.25) is 0 Å². The van der Waals surface area contributed by atoms with E-state index in [-0.39, 0.29) is 0 Å². The van der Waals surface area contributed by atoms with E-state index in [9.17, 15) is 0 Å². The molecule has 0 amide bonds. The first-order valence-electron chi connectivity index (χ1n) is 8.00. The number of hydrogen-bond acceptors (Lipinski definition) is 3. The van der Waals surface area contributed by atoms with Gasteiger partial charge in [0.1, 0.15) is 0 Å². The molecule has 0 unspecified atom stereocenters. The van der Waals surface area contributed by atoms with Crippen molar-refractivity contribution in [2.24, 2.45) is 17.6 Å². The number of nitrogens with zero attached hydrogens (tertiary/aromatic N) is 2. The summed E-state index contributed by atoms with van der Waals surface area (Å²) in [7, 11) is 0. The van der Waals surface area contributed by atoms with Crippen LogP contribution in [0.3, 0.4) is 0 Å². The predicted octanol–water partition coefficient (Wildman–Crippen LogP) is 1.53. The lowest BCUT2D eigenvalue weighted by molar-refractivity contribution is 0.167. The van der Waals surface area contributed by atoms with Crippen molar-refractivity contribution in [1.82, 2.24) is 9.80 Å². The second-order valence-corrected chi connectivity index (χ2v) is 6.83. The molecule has 0 spiro atoms. The van der Waals surface area contributed by atoms with Crippen molar-refractivity contribution in [1.29, 1.82) is 0 Å². The summed E-state index contributed by atoms with van der Waals surface area (Å²) >= 11 is 0. The van der Waals surface area contributed by atoms with Gasteiger partial charge in [-0.2, -0.15) is 0 Å². The molecule has 2 aliphatic carbocycles. The first-order chi connectivity index (χ1) is 8.79. The summed E-state index contributed by atoms with van der Waals surface area (Å²) in [5.41, 5.74) is 5.96. The molecule has 3 heteroatoms. The molecule has 0 bridgehead atoms. The zero-order chi connectivity index (χ0) is 12.4. The van der Waals surface area contributed by atoms with Crippen molar-refractivity contribution >= 4 is 0 Å². The lowest BCUT2D eigenvalue weighted by Gasteiger charge is -2.32. The molecule has 18 heavy (non-hydrogen) atoms. The second-order valence-electron chi connectivity index (χ2n) is 6.83. The molecule has 3 aliphatic rings. The molecular formula is C15H29N3. The zero-order valence-electron chi connectivity index (χ0n) is 11.7. The van der Waals surface area contributed by atoms with E-state index in [1.807, 2.05) is 0 Å². The van der Waals surface area contributed by atoms with E-state index in [4.69, 9.17) is 5.73 Å². The maximum atomic E-state index is 5.96. The van der Waals surface area contributed by atoms with Crippen molar-refractivity contribution in [2.45, 2.75) is 44.6 Å². The highest BCUT2D eigenvalue weighted by molar-refractivity contribution is 4.83. The molecule has 0 aromatic carbocycles. The monoisotopic (exact) mass is 251 g/mol. The maximum absolute atomic E-state index is 5.96. The molecule has 2 N–H and O–H groups in total. The van der Waals surface area contributed by atoms with E-state index in [1.165, 1.54) is 77.8 Å². The van der Waals surface area contributed by atoms with Crippen LogP contribution in [0.15, 0.2) is 0 Å². The standard InChI is InChI=1S/C15H29N3/c16-15-5-7-17(8-6-15)9-10-18(11-13-1-2-13)12-14-3-4-14/h13-15H,1-12,16H2. The number of nitrogens with two attached hydrogens (primary N) is 1. The highest BCUT2D eigenvalue weighted by Crippen LogP contribution is 2.33. The average molecular weight is 251 g/mol. The second kappa shape index (κ2) is 5.89. The van der Waals surface area contributed by atoms with Gasteiger partial charge in [-0.15, -0.1) is 0 Å². The lowest BCUT2D eigenvalue weighted by Crippen LogP contribution is -2.43. The number of rotatable bonds is 7. The minimum atomic E-state index is 0.468. The van der Waals surface area contributed by atoms with Gasteiger partial charge in [0.2, 0.25) is 0 Å². The van der Waals surface area contributed by atoms with E-state index < -0.39 is 0 Å². The Labute approximate surface area is 112 Å². The van der Waals surface area contributed by atoms with Crippen LogP contribution in [0.4, 0.5) is 0 Å². The molecular weight excluding hydrogens is 222 g/mol. The van der Waals surface area contributed by atoms with Crippen LogP contribution in [-0.2, 0) is 0 Å². The fourth-order valence-electron chi connectivity index (χ4n) is 3.05. The third-order valence-electron chi connectivity index (χ3n) is 4.79. The first kappa shape index (κ1) is 12.9. The van der Waals surface area contributed by atoms with Gasteiger partial charge in [-0.05, 0) is 63.5 Å². The molecule has 104 valence electrons. The first-order valence-corrected chi connectivity index (χ1v) is 8.00. The van der Waals surface area contributed by atoms with Crippen molar-refractivity contribution < 1.29 is 0 Å². The van der Waals surface area contributed by atoms with Gasteiger partial charge in [0.15, 0.2) is 0 Å². The summed E-state index contributed by atoms with van der Waals surface area (Å²) in [4.78, 5) is 5.38. The van der Waals surface area contributed by atoms with E-state index in [0.717, 1.165) is 11.8 Å². The molecule has 3 rings (SSSR count). The Balaban J connectivity index is 1.37. The molecule has 0 atom stereocenters. The SMILES string of the molecule is NC1CCN(CCN(CC2CC2)CC2CC2)CC1. The quantitative estimate of drug-likeness (QED) is 0.745. The van der Waals surface area contributed by atoms with Gasteiger partial charge >= 0.3 is 0 Å². The summed E-state index contributed by atoms with van der Waals surface area (Å²) in [6.07, 6.45) is 8.34. The summed E-state index contributed by atoms with van der Waals surface area (Å²) in [5.74, 6) is 2.08. The predicted molar refractivity (Wildman–Crippen MR) is 75.5 cm³/mol. The normalized spacial score (nSPS) is 27.0. The minimum absolute atomic E-state index is 0.468. The van der Waals surface area contributed by atoms with E-state index in [1.54, 1.807) is 0 Å². The van der Waals surface area contributed by atoms with Crippen LogP contribution >= 0.6 is 0 Å². The number of piperidine rings is 1. The van der Waals surface area contributed by atoms with Gasteiger partial charge in [-0.1, -0.05) is 0 Å². The Morgan fingerprint density at radius 2 is 1.44 bits per heavy atom. The molecule has 3 fully saturated rings. The minimum Gasteiger partial charge on any atom is -0.328 e. The van der Waals surface area contributed by atoms with Crippen LogP contribution < -0.4 is 5.73 Å². The third kappa shape index (κ3) is 4.22. The number of likely N-dealkylation sites (tertiary alicyclic amines) is 1. The maximum Gasteiger partial charge on any atom is 0.0110 e. The van der Waals surface area contributed by atoms with Gasteiger partial charge < -0.3 is 15.5 Å². The summed E-state index contributed by atoms with van der Waals surface area (Å²) in [6, 6.07) is 0.468. The Hall–Kier alpha value is -0.120. The molecule has 1 aliphatic heterocycles. The van der Waals surface area contributed by atoms with Crippen LogP contribution in [0, 0.1) is 11.8 Å². The lowest BCUT2D eigenvalue weighted by atomic mass is 10.1. The van der Waals surface area contributed by atoms with Crippen LogP contribution in [-0.4, -0.2) is 55.1 Å². The van der Waals surface area contributed by atoms with Gasteiger partial charge in [0.25, 0.3) is 0 Å². The molecule has 3 nitrogen and oxygen atoms in total. The molecule has 0 aromatic rings. The van der Waals surface area contributed by atoms with Gasteiger partial charge in [-0.25, -0.2) is 0 Å². The molecule has 1 saturated heterocycles. The molecule has 0 radical (unpaired) electrons. The fourth-order valence-corrected chi connectivity index (χ4v) is 3.05. The Morgan fingerprint density at radius 1 is 0.889 bits per heavy atom. The molecule has 0 aromatic heterocycles. The summed E-state index contributed by atoms with van der Waals surface area (Å²) in [6.45, 7) is 7.77. The molecule has 1 heterocycles. The van der Waals surface area contributed by atoms with Crippen LogP contribution in [0.5, 0.6) is 0 Å². The van der Waals surface area contributed by atoms with E-state index in [2.05, 4.69) is 9.80 Å². The topological polar surface area (TPSA) is 32.5 Å². The number of hydrogen-bond donors (Lipinski definition) is 1. The average Bonchev–Trinajstić information content (AvgIpc) is 3.23. The summed E-state index contributed by atoms with van der Waals surface area (Å²) in [5, 5.41) is 0. The van der Waals surface area contributed by atoms with Crippen molar-refractivity contribution in [3.8, 4) is 0 Å². The van der Waals surface area contributed by atoms with Crippen LogP contribution in [0.1, 0.15) is 38.5 Å². The van der Waals surface area contributed by atoms with Crippen LogP contribution in [0.25, 0.3) is 0 Å². The fraction of sp³-hybridized carbons (Fsp3) is 1.00. The Morgan fingerprint density at radius 3 is 1.94 bits per heavy atom. The van der Waals surface area contributed by atoms with Crippen molar-refractivity contribution in [2.75, 3.05) is 39.3 Å². The van der Waals surface area contributed by atoms with Gasteiger partial charge in [0.05, 0.1) is 0 Å². The third-order valence-corrected chi connectivity index (χ3v) is 4.79. The Kier molecular flexibility index (Phi) is 4.22. The van der Waals surface area contributed by atoms with Crippen molar-refractivity contribution in [3.05, 3.63) is 0 Å². The largest absolute Gasteiger partial charge is 0.328 e. The highest BCUT2D eigenvalue weighted by Gasteiger charge is 2.29. The Bertz CT molecular complexity index is 238. The van der Waals surface area contributed by atoms with E-state index in [0.29, 0.717) is 6.04 Å². The van der Waals surface area contributed by atoms with E-state index >= 15 is 0 Å². The van der Waals surface area contributed by atoms with Gasteiger partial charge in [0, 0.05) is 32.2 Å². The van der Waals surface area contributed by atoms with Gasteiger partial charge in [-0.3, -0.25) is 0 Å². The smallest absolute Gasteiger partial charge is 0.0110 e. The highest BCUT2D eigenvalue weighted by atomic mass is 15.2. The van der Waals surface area contributed by atoms with Crippen molar-refractivity contribution in [3.63, 3.8) is 0 Å². The zero-order valence-corrected chi connectivity index (χ0v) is 11.7.